The molecule has 3 rings (SSSR count). The lowest BCUT2D eigenvalue weighted by Crippen LogP contribution is -2.51. The van der Waals surface area contributed by atoms with Crippen LogP contribution in [0.15, 0.2) is 83.8 Å². The molecule has 0 aliphatic rings. The number of hydrogen-bond donors (Lipinski definition) is 1. The highest BCUT2D eigenvalue weighted by molar-refractivity contribution is 7.92. The van der Waals surface area contributed by atoms with Gasteiger partial charge in [-0.1, -0.05) is 55.3 Å². The van der Waals surface area contributed by atoms with Gasteiger partial charge in [0.1, 0.15) is 18.3 Å². The first-order valence-electron chi connectivity index (χ1n) is 12.7. The number of carbonyl (C=O) groups is 2. The van der Waals surface area contributed by atoms with E-state index in [1.54, 1.807) is 80.8 Å². The van der Waals surface area contributed by atoms with E-state index >= 15 is 0 Å². The molecular formula is C29H34ClN3O5S. The van der Waals surface area contributed by atoms with Crippen LogP contribution in [-0.2, 0) is 26.2 Å². The zero-order valence-corrected chi connectivity index (χ0v) is 23.9. The molecule has 3 aromatic carbocycles. The molecule has 0 aliphatic heterocycles. The van der Waals surface area contributed by atoms with Crippen molar-refractivity contribution in [2.45, 2.75) is 44.2 Å². The number of sulfonamides is 1. The van der Waals surface area contributed by atoms with E-state index in [2.05, 4.69) is 5.32 Å². The molecule has 2 amide bonds. The van der Waals surface area contributed by atoms with Gasteiger partial charge in [-0.3, -0.25) is 13.9 Å². The van der Waals surface area contributed by atoms with Crippen LogP contribution in [-0.4, -0.2) is 51.4 Å². The van der Waals surface area contributed by atoms with Crippen molar-refractivity contribution in [3.63, 3.8) is 0 Å². The number of amides is 2. The first-order chi connectivity index (χ1) is 18.7. The number of unbranched alkanes of at least 4 members (excludes halogenated alkanes) is 1. The molecule has 0 unspecified atom stereocenters. The van der Waals surface area contributed by atoms with E-state index in [1.165, 1.54) is 17.0 Å². The van der Waals surface area contributed by atoms with Crippen LogP contribution in [0.25, 0.3) is 0 Å². The maximum absolute atomic E-state index is 13.9. The Morgan fingerprint density at radius 3 is 2.21 bits per heavy atom. The quantitative estimate of drug-likeness (QED) is 0.295. The molecule has 0 bridgehead atoms. The molecule has 0 radical (unpaired) electrons. The maximum atomic E-state index is 13.9. The summed E-state index contributed by atoms with van der Waals surface area (Å²) in [6, 6.07) is 20.4. The minimum absolute atomic E-state index is 0.0415. The number of nitrogens with zero attached hydrogens (tertiary/aromatic N) is 2. The lowest BCUT2D eigenvalue weighted by molar-refractivity contribution is -0.139. The number of anilines is 1. The molecule has 208 valence electrons. The van der Waals surface area contributed by atoms with E-state index in [9.17, 15) is 18.0 Å². The lowest BCUT2D eigenvalue weighted by Gasteiger charge is -2.32. The summed E-state index contributed by atoms with van der Waals surface area (Å²) < 4.78 is 33.7. The summed E-state index contributed by atoms with van der Waals surface area (Å²) in [5.74, 6) is -0.183. The van der Waals surface area contributed by atoms with Gasteiger partial charge in [0.25, 0.3) is 10.0 Å². The Hall–Kier alpha value is -3.56. The summed E-state index contributed by atoms with van der Waals surface area (Å²) in [6.45, 7) is 3.74. The van der Waals surface area contributed by atoms with Crippen molar-refractivity contribution in [2.24, 2.45) is 0 Å². The third kappa shape index (κ3) is 7.97. The molecule has 3 aromatic rings. The molecule has 0 saturated carbocycles. The van der Waals surface area contributed by atoms with Gasteiger partial charge in [0.15, 0.2) is 0 Å². The van der Waals surface area contributed by atoms with E-state index in [0.29, 0.717) is 17.3 Å². The fourth-order valence-electron chi connectivity index (χ4n) is 3.90. The van der Waals surface area contributed by atoms with E-state index in [4.69, 9.17) is 16.3 Å². The summed E-state index contributed by atoms with van der Waals surface area (Å²) in [5.41, 5.74) is 1.04. The fraction of sp³-hybridized carbons (Fsp3) is 0.310. The number of hydrogen-bond acceptors (Lipinski definition) is 5. The largest absolute Gasteiger partial charge is 0.497 e. The van der Waals surface area contributed by atoms with Gasteiger partial charge >= 0.3 is 0 Å². The standard InChI is InChI=1S/C29H34ClN3O5S/c1-4-5-19-31-29(35)22(2)32(20-23-11-17-26(38-3)18-12-23)28(34)21-33(25-15-13-24(30)14-16-25)39(36,37)27-9-7-6-8-10-27/h6-18,22H,4-5,19-21H2,1-3H3,(H,31,35)/t22-/m0/s1. The van der Waals surface area contributed by atoms with Crippen molar-refractivity contribution >= 4 is 39.1 Å². The molecule has 0 heterocycles. The molecule has 1 atom stereocenters. The number of halogens is 1. The molecule has 0 spiro atoms. The maximum Gasteiger partial charge on any atom is 0.264 e. The van der Waals surface area contributed by atoms with Crippen LogP contribution < -0.4 is 14.4 Å². The number of nitrogens with one attached hydrogen (secondary N) is 1. The predicted octanol–water partition coefficient (Wildman–Crippen LogP) is 4.88. The summed E-state index contributed by atoms with van der Waals surface area (Å²) in [6.07, 6.45) is 1.72. The zero-order chi connectivity index (χ0) is 28.4. The van der Waals surface area contributed by atoms with Crippen molar-refractivity contribution in [3.05, 3.63) is 89.4 Å². The highest BCUT2D eigenvalue weighted by Gasteiger charge is 2.32. The van der Waals surface area contributed by atoms with Crippen molar-refractivity contribution < 1.29 is 22.7 Å². The number of benzene rings is 3. The van der Waals surface area contributed by atoms with Crippen molar-refractivity contribution in [2.75, 3.05) is 24.5 Å². The summed E-state index contributed by atoms with van der Waals surface area (Å²) in [5, 5.41) is 3.30. The first kappa shape index (κ1) is 30.0. The Labute approximate surface area is 235 Å². The third-order valence-electron chi connectivity index (χ3n) is 6.23. The van der Waals surface area contributed by atoms with Crippen molar-refractivity contribution in [3.8, 4) is 5.75 Å². The Bertz CT molecular complexity index is 1330. The van der Waals surface area contributed by atoms with Crippen LogP contribution in [0.3, 0.4) is 0 Å². The minimum atomic E-state index is -4.12. The van der Waals surface area contributed by atoms with Crippen molar-refractivity contribution in [1.29, 1.82) is 0 Å². The van der Waals surface area contributed by atoms with Crippen LogP contribution in [0.5, 0.6) is 5.75 Å². The highest BCUT2D eigenvalue weighted by atomic mass is 35.5. The lowest BCUT2D eigenvalue weighted by atomic mass is 10.1. The summed E-state index contributed by atoms with van der Waals surface area (Å²) in [4.78, 5) is 28.3. The number of rotatable bonds is 13. The molecule has 0 aromatic heterocycles. The Kier molecular flexibility index (Phi) is 10.8. The minimum Gasteiger partial charge on any atom is -0.497 e. The third-order valence-corrected chi connectivity index (χ3v) is 8.27. The molecule has 10 heteroatoms. The monoisotopic (exact) mass is 571 g/mol. The van der Waals surface area contributed by atoms with Gasteiger partial charge in [-0.05, 0) is 67.4 Å². The molecule has 8 nitrogen and oxygen atoms in total. The van der Waals surface area contributed by atoms with E-state index in [0.717, 1.165) is 22.7 Å². The second kappa shape index (κ2) is 14.0. The average molecular weight is 572 g/mol. The predicted molar refractivity (Wildman–Crippen MR) is 153 cm³/mol. The number of ether oxygens (including phenoxy) is 1. The highest BCUT2D eigenvalue weighted by Crippen LogP contribution is 2.26. The first-order valence-corrected chi connectivity index (χ1v) is 14.5. The second-order valence-electron chi connectivity index (χ2n) is 8.99. The van der Waals surface area contributed by atoms with E-state index < -0.39 is 28.5 Å². The zero-order valence-electron chi connectivity index (χ0n) is 22.3. The molecule has 0 fully saturated rings. The van der Waals surface area contributed by atoms with Gasteiger partial charge in [0, 0.05) is 18.1 Å². The van der Waals surface area contributed by atoms with Crippen LogP contribution in [0.4, 0.5) is 5.69 Å². The van der Waals surface area contributed by atoms with Crippen LogP contribution in [0.2, 0.25) is 5.02 Å². The van der Waals surface area contributed by atoms with Gasteiger partial charge in [-0.2, -0.15) is 0 Å². The fourth-order valence-corrected chi connectivity index (χ4v) is 5.46. The Morgan fingerprint density at radius 1 is 0.974 bits per heavy atom. The van der Waals surface area contributed by atoms with Crippen molar-refractivity contribution in [1.82, 2.24) is 10.2 Å². The Balaban J connectivity index is 1.97. The number of methoxy groups -OCH3 is 1. The van der Waals surface area contributed by atoms with Crippen LogP contribution in [0.1, 0.15) is 32.3 Å². The average Bonchev–Trinajstić information content (AvgIpc) is 2.95. The molecule has 0 aliphatic carbocycles. The van der Waals surface area contributed by atoms with Crippen LogP contribution in [0, 0.1) is 0 Å². The SMILES string of the molecule is CCCCNC(=O)[C@H](C)N(Cc1ccc(OC)cc1)C(=O)CN(c1ccc(Cl)cc1)S(=O)(=O)c1ccccc1. The van der Waals surface area contributed by atoms with Gasteiger partial charge < -0.3 is 15.0 Å². The molecule has 1 N–H and O–H groups in total. The molecule has 39 heavy (non-hydrogen) atoms. The van der Waals surface area contributed by atoms with Gasteiger partial charge in [0.2, 0.25) is 11.8 Å². The molecule has 0 saturated heterocycles. The second-order valence-corrected chi connectivity index (χ2v) is 11.3. The molecular weight excluding hydrogens is 538 g/mol. The normalized spacial score (nSPS) is 11.9. The smallest absolute Gasteiger partial charge is 0.264 e. The van der Waals surface area contributed by atoms with Gasteiger partial charge in [-0.25, -0.2) is 8.42 Å². The van der Waals surface area contributed by atoms with E-state index in [1.807, 2.05) is 6.92 Å². The summed E-state index contributed by atoms with van der Waals surface area (Å²) in [7, 11) is -2.55. The summed E-state index contributed by atoms with van der Waals surface area (Å²) >= 11 is 6.05. The van der Waals surface area contributed by atoms with Crippen LogP contribution >= 0.6 is 11.6 Å². The van der Waals surface area contributed by atoms with Gasteiger partial charge in [-0.15, -0.1) is 0 Å². The number of carbonyl (C=O) groups excluding carboxylic acids is 2. The topological polar surface area (TPSA) is 96.0 Å². The van der Waals surface area contributed by atoms with E-state index in [-0.39, 0.29) is 23.0 Å². The Morgan fingerprint density at radius 2 is 1.62 bits per heavy atom. The van der Waals surface area contributed by atoms with Gasteiger partial charge in [0.05, 0.1) is 17.7 Å².